The van der Waals surface area contributed by atoms with E-state index in [4.69, 9.17) is 10.5 Å². The molecule has 0 spiro atoms. The SMILES string of the molecule is Cl.NCc1cccc(N2CCOCC2)n1. The fraction of sp³-hybridized carbons (Fsp3) is 0.500. The predicted octanol–water partition coefficient (Wildman–Crippen LogP) is 0.799. The zero-order valence-corrected chi connectivity index (χ0v) is 9.37. The van der Waals surface area contributed by atoms with Crippen LogP contribution < -0.4 is 10.6 Å². The lowest BCUT2D eigenvalue weighted by molar-refractivity contribution is 0.122. The van der Waals surface area contributed by atoms with Gasteiger partial charge in [0.1, 0.15) is 5.82 Å². The average molecular weight is 230 g/mol. The molecule has 2 heterocycles. The second-order valence-electron chi connectivity index (χ2n) is 3.29. The number of anilines is 1. The third-order valence-corrected chi connectivity index (χ3v) is 2.34. The van der Waals surface area contributed by atoms with Crippen LogP contribution in [0.1, 0.15) is 5.69 Å². The first-order valence-electron chi connectivity index (χ1n) is 4.89. The molecule has 4 nitrogen and oxygen atoms in total. The van der Waals surface area contributed by atoms with Crippen LogP contribution in [0, 0.1) is 0 Å². The molecule has 15 heavy (non-hydrogen) atoms. The molecule has 0 aromatic carbocycles. The Morgan fingerprint density at radius 1 is 1.33 bits per heavy atom. The van der Waals surface area contributed by atoms with E-state index in [-0.39, 0.29) is 12.4 Å². The third-order valence-electron chi connectivity index (χ3n) is 2.34. The molecule has 0 radical (unpaired) electrons. The minimum atomic E-state index is 0. The maximum atomic E-state index is 5.54. The Morgan fingerprint density at radius 2 is 2.07 bits per heavy atom. The van der Waals surface area contributed by atoms with E-state index in [1.54, 1.807) is 0 Å². The van der Waals surface area contributed by atoms with Crippen LogP contribution in [0.5, 0.6) is 0 Å². The number of ether oxygens (including phenoxy) is 1. The number of morpholine rings is 1. The molecule has 2 rings (SSSR count). The van der Waals surface area contributed by atoms with E-state index in [1.807, 2.05) is 18.2 Å². The van der Waals surface area contributed by atoms with Crippen LogP contribution in [-0.2, 0) is 11.3 Å². The Kier molecular flexibility index (Phi) is 4.81. The van der Waals surface area contributed by atoms with Gasteiger partial charge in [0.2, 0.25) is 0 Å². The van der Waals surface area contributed by atoms with E-state index in [0.717, 1.165) is 37.8 Å². The quantitative estimate of drug-likeness (QED) is 0.815. The summed E-state index contributed by atoms with van der Waals surface area (Å²) in [6, 6.07) is 5.97. The Hall–Kier alpha value is -0.840. The van der Waals surface area contributed by atoms with Gasteiger partial charge < -0.3 is 15.4 Å². The van der Waals surface area contributed by atoms with E-state index in [1.165, 1.54) is 0 Å². The standard InChI is InChI=1S/C10H15N3O.ClH/c11-8-9-2-1-3-10(12-9)13-4-6-14-7-5-13;/h1-3H,4-8,11H2;1H. The number of halogens is 1. The van der Waals surface area contributed by atoms with E-state index >= 15 is 0 Å². The highest BCUT2D eigenvalue weighted by atomic mass is 35.5. The summed E-state index contributed by atoms with van der Waals surface area (Å²) in [5.74, 6) is 1.01. The molecule has 84 valence electrons. The largest absolute Gasteiger partial charge is 0.378 e. The van der Waals surface area contributed by atoms with Gasteiger partial charge >= 0.3 is 0 Å². The van der Waals surface area contributed by atoms with Gasteiger partial charge in [-0.05, 0) is 12.1 Å². The van der Waals surface area contributed by atoms with Crippen molar-refractivity contribution < 1.29 is 4.74 Å². The topological polar surface area (TPSA) is 51.4 Å². The van der Waals surface area contributed by atoms with Crippen molar-refractivity contribution in [2.24, 2.45) is 5.73 Å². The molecule has 2 N–H and O–H groups in total. The Bertz CT molecular complexity index is 302. The summed E-state index contributed by atoms with van der Waals surface area (Å²) in [6.07, 6.45) is 0. The number of nitrogens with zero attached hydrogens (tertiary/aromatic N) is 2. The molecule has 0 saturated carbocycles. The summed E-state index contributed by atoms with van der Waals surface area (Å²) in [5.41, 5.74) is 6.48. The third kappa shape index (κ3) is 3.06. The molecule has 1 aliphatic heterocycles. The van der Waals surface area contributed by atoms with Crippen molar-refractivity contribution in [3.8, 4) is 0 Å². The van der Waals surface area contributed by atoms with Gasteiger partial charge in [-0.3, -0.25) is 0 Å². The molecule has 0 bridgehead atoms. The molecule has 0 amide bonds. The van der Waals surface area contributed by atoms with Crippen LogP contribution >= 0.6 is 12.4 Å². The Labute approximate surface area is 95.8 Å². The first-order chi connectivity index (χ1) is 6.90. The lowest BCUT2D eigenvalue weighted by Crippen LogP contribution is -2.36. The monoisotopic (exact) mass is 229 g/mol. The first-order valence-corrected chi connectivity index (χ1v) is 4.89. The van der Waals surface area contributed by atoms with E-state index < -0.39 is 0 Å². The maximum Gasteiger partial charge on any atom is 0.129 e. The molecule has 1 aromatic rings. The lowest BCUT2D eigenvalue weighted by atomic mass is 10.3. The summed E-state index contributed by atoms with van der Waals surface area (Å²) in [5, 5.41) is 0. The molecule has 5 heteroatoms. The smallest absolute Gasteiger partial charge is 0.129 e. The summed E-state index contributed by atoms with van der Waals surface area (Å²) >= 11 is 0. The van der Waals surface area contributed by atoms with Crippen molar-refractivity contribution in [3.63, 3.8) is 0 Å². The van der Waals surface area contributed by atoms with Crippen LogP contribution in [-0.4, -0.2) is 31.3 Å². The number of rotatable bonds is 2. The van der Waals surface area contributed by atoms with Crippen molar-refractivity contribution in [2.45, 2.75) is 6.54 Å². The fourth-order valence-electron chi connectivity index (χ4n) is 1.55. The maximum absolute atomic E-state index is 5.54. The van der Waals surface area contributed by atoms with Gasteiger partial charge in [-0.1, -0.05) is 6.07 Å². The van der Waals surface area contributed by atoms with E-state index in [9.17, 15) is 0 Å². The lowest BCUT2D eigenvalue weighted by Gasteiger charge is -2.27. The van der Waals surface area contributed by atoms with Crippen molar-refractivity contribution >= 4 is 18.2 Å². The number of pyridine rings is 1. The van der Waals surface area contributed by atoms with Gasteiger partial charge in [-0.25, -0.2) is 4.98 Å². The highest BCUT2D eigenvalue weighted by Crippen LogP contribution is 2.12. The zero-order valence-electron chi connectivity index (χ0n) is 8.56. The highest BCUT2D eigenvalue weighted by Gasteiger charge is 2.11. The summed E-state index contributed by atoms with van der Waals surface area (Å²) in [7, 11) is 0. The number of nitrogens with two attached hydrogens (primary N) is 1. The minimum Gasteiger partial charge on any atom is -0.378 e. The number of hydrogen-bond donors (Lipinski definition) is 1. The van der Waals surface area contributed by atoms with Crippen LogP contribution in [0.15, 0.2) is 18.2 Å². The predicted molar refractivity (Wildman–Crippen MR) is 62.4 cm³/mol. The van der Waals surface area contributed by atoms with Gasteiger partial charge in [-0.15, -0.1) is 12.4 Å². The molecule has 0 unspecified atom stereocenters. The number of hydrogen-bond acceptors (Lipinski definition) is 4. The molecule has 1 aromatic heterocycles. The van der Waals surface area contributed by atoms with Gasteiger partial charge in [0.05, 0.1) is 18.9 Å². The van der Waals surface area contributed by atoms with Gasteiger partial charge in [-0.2, -0.15) is 0 Å². The Morgan fingerprint density at radius 3 is 2.73 bits per heavy atom. The highest BCUT2D eigenvalue weighted by molar-refractivity contribution is 5.85. The molecule has 1 saturated heterocycles. The van der Waals surface area contributed by atoms with Crippen molar-refractivity contribution in [1.82, 2.24) is 4.98 Å². The molecular formula is C10H16ClN3O. The van der Waals surface area contributed by atoms with Crippen LogP contribution in [0.2, 0.25) is 0 Å². The zero-order chi connectivity index (χ0) is 9.80. The average Bonchev–Trinajstić information content (AvgIpc) is 2.30. The van der Waals surface area contributed by atoms with Crippen LogP contribution in [0.4, 0.5) is 5.82 Å². The normalized spacial score (nSPS) is 15.9. The summed E-state index contributed by atoms with van der Waals surface area (Å²) in [4.78, 5) is 6.69. The number of aromatic nitrogens is 1. The van der Waals surface area contributed by atoms with Gasteiger partial charge in [0.25, 0.3) is 0 Å². The second kappa shape index (κ2) is 5.90. The summed E-state index contributed by atoms with van der Waals surface area (Å²) in [6.45, 7) is 3.91. The summed E-state index contributed by atoms with van der Waals surface area (Å²) < 4.78 is 5.28. The first kappa shape index (κ1) is 12.2. The fourth-order valence-corrected chi connectivity index (χ4v) is 1.55. The van der Waals surface area contributed by atoms with Crippen LogP contribution in [0.3, 0.4) is 0 Å². The molecule has 1 aliphatic rings. The molecule has 0 aliphatic carbocycles. The molecule has 0 atom stereocenters. The van der Waals surface area contributed by atoms with Gasteiger partial charge in [0, 0.05) is 19.6 Å². The van der Waals surface area contributed by atoms with E-state index in [0.29, 0.717) is 6.54 Å². The Balaban J connectivity index is 0.00000112. The van der Waals surface area contributed by atoms with Crippen molar-refractivity contribution in [3.05, 3.63) is 23.9 Å². The van der Waals surface area contributed by atoms with Crippen molar-refractivity contribution in [2.75, 3.05) is 31.2 Å². The molecular weight excluding hydrogens is 214 g/mol. The second-order valence-corrected chi connectivity index (χ2v) is 3.29. The van der Waals surface area contributed by atoms with E-state index in [2.05, 4.69) is 9.88 Å². The molecule has 1 fully saturated rings. The van der Waals surface area contributed by atoms with Crippen molar-refractivity contribution in [1.29, 1.82) is 0 Å². The minimum absolute atomic E-state index is 0. The van der Waals surface area contributed by atoms with Gasteiger partial charge in [0.15, 0.2) is 0 Å². The van der Waals surface area contributed by atoms with Crippen LogP contribution in [0.25, 0.3) is 0 Å².